The number of aryl methyl sites for hydroxylation is 1. The van der Waals surface area contributed by atoms with Gasteiger partial charge in [-0.3, -0.25) is 9.10 Å². The average molecular weight is 535 g/mol. The molecule has 0 atom stereocenters. The number of benzene rings is 3. The van der Waals surface area contributed by atoms with Crippen molar-refractivity contribution in [3.05, 3.63) is 93.7 Å². The van der Waals surface area contributed by atoms with Crippen LogP contribution in [0.1, 0.15) is 21.5 Å². The Morgan fingerprint density at radius 2 is 1.82 bits per heavy atom. The summed E-state index contributed by atoms with van der Waals surface area (Å²) in [7, 11) is -3.73. The number of hydrogen-bond donors (Lipinski definition) is 1. The molecule has 174 valence electrons. The van der Waals surface area contributed by atoms with Crippen LogP contribution in [0.2, 0.25) is 0 Å². The lowest BCUT2D eigenvalue weighted by atomic mass is 10.1. The summed E-state index contributed by atoms with van der Waals surface area (Å²) in [6.07, 6.45) is 1.02. The summed E-state index contributed by atoms with van der Waals surface area (Å²) in [4.78, 5) is 12.4. The molecule has 0 aliphatic heterocycles. The van der Waals surface area contributed by atoms with Crippen LogP contribution < -0.4 is 14.4 Å². The topological polar surface area (TPSA) is 75.7 Å². The fraction of sp³-hybridized carbons (Fsp3) is 0.208. The van der Waals surface area contributed by atoms with Gasteiger partial charge in [0.2, 0.25) is 10.0 Å². The summed E-state index contributed by atoms with van der Waals surface area (Å²) >= 11 is 3.17. The molecule has 0 aromatic heterocycles. The number of sulfonamides is 1. The zero-order valence-corrected chi connectivity index (χ0v) is 20.6. The minimum atomic E-state index is -3.73. The third kappa shape index (κ3) is 7.03. The van der Waals surface area contributed by atoms with Gasteiger partial charge in [0.15, 0.2) is 0 Å². The predicted octanol–water partition coefficient (Wildman–Crippen LogP) is 4.67. The quantitative estimate of drug-likeness (QED) is 0.404. The molecular weight excluding hydrogens is 511 g/mol. The smallest absolute Gasteiger partial charge is 0.251 e. The molecule has 3 rings (SSSR count). The zero-order valence-electron chi connectivity index (χ0n) is 18.2. The Morgan fingerprint density at radius 1 is 1.09 bits per heavy atom. The molecule has 0 saturated heterocycles. The van der Waals surface area contributed by atoms with Gasteiger partial charge in [-0.1, -0.05) is 40.2 Å². The van der Waals surface area contributed by atoms with Gasteiger partial charge in [0, 0.05) is 10.0 Å². The van der Waals surface area contributed by atoms with E-state index in [0.29, 0.717) is 28.8 Å². The van der Waals surface area contributed by atoms with Crippen molar-refractivity contribution in [2.75, 3.05) is 23.7 Å². The number of anilines is 1. The Labute approximate surface area is 201 Å². The molecule has 0 saturated carbocycles. The molecule has 3 aromatic rings. The lowest BCUT2D eigenvalue weighted by Crippen LogP contribution is -2.30. The van der Waals surface area contributed by atoms with Gasteiger partial charge in [-0.2, -0.15) is 0 Å². The largest absolute Gasteiger partial charge is 0.492 e. The first-order valence-corrected chi connectivity index (χ1v) is 12.8. The third-order valence-corrected chi connectivity index (χ3v) is 6.39. The molecule has 33 heavy (non-hydrogen) atoms. The molecule has 9 heteroatoms. The van der Waals surface area contributed by atoms with Crippen LogP contribution in [0.15, 0.2) is 71.2 Å². The highest BCUT2D eigenvalue weighted by atomic mass is 79.9. The fourth-order valence-electron chi connectivity index (χ4n) is 3.13. The molecule has 0 aliphatic rings. The fourth-order valence-corrected chi connectivity index (χ4v) is 4.35. The maximum Gasteiger partial charge on any atom is 0.251 e. The Morgan fingerprint density at radius 3 is 2.45 bits per heavy atom. The number of carbonyl (C=O) groups is 1. The number of rotatable bonds is 9. The van der Waals surface area contributed by atoms with E-state index in [4.69, 9.17) is 4.74 Å². The first-order valence-electron chi connectivity index (χ1n) is 10.1. The Kier molecular flexibility index (Phi) is 8.10. The minimum absolute atomic E-state index is 0.0453. The number of amides is 1. The van der Waals surface area contributed by atoms with Crippen molar-refractivity contribution in [3.63, 3.8) is 0 Å². The summed E-state index contributed by atoms with van der Waals surface area (Å²) in [6.45, 7) is 2.57. The second-order valence-corrected chi connectivity index (χ2v) is 10.3. The molecule has 0 aliphatic carbocycles. The van der Waals surface area contributed by atoms with Crippen LogP contribution in [0.3, 0.4) is 0 Å². The van der Waals surface area contributed by atoms with Gasteiger partial charge in [-0.25, -0.2) is 12.8 Å². The van der Waals surface area contributed by atoms with E-state index in [1.807, 2.05) is 31.2 Å². The second-order valence-electron chi connectivity index (χ2n) is 7.48. The molecule has 0 radical (unpaired) electrons. The van der Waals surface area contributed by atoms with Crippen molar-refractivity contribution in [2.24, 2.45) is 0 Å². The SMILES string of the molecule is Cc1cccc(OCCNC(=O)c2ccc(CN(c3ccc(Br)cc3F)S(C)(=O)=O)cc2)c1. The standard InChI is InChI=1S/C24H24BrFN2O4S/c1-17-4-3-5-21(14-17)32-13-12-27-24(29)19-8-6-18(7-9-19)16-28(33(2,30)31)23-11-10-20(25)15-22(23)26/h3-11,14-15H,12-13,16H2,1-2H3,(H,27,29). The molecule has 1 amide bonds. The molecule has 0 unspecified atom stereocenters. The summed E-state index contributed by atoms with van der Waals surface area (Å²) in [5.41, 5.74) is 2.09. The van der Waals surface area contributed by atoms with Crippen LogP contribution in [0.25, 0.3) is 0 Å². The first-order chi connectivity index (χ1) is 15.6. The van der Waals surface area contributed by atoms with Crippen molar-refractivity contribution < 1.29 is 22.3 Å². The van der Waals surface area contributed by atoms with Gasteiger partial charge in [-0.15, -0.1) is 0 Å². The second kappa shape index (κ2) is 10.8. The van der Waals surface area contributed by atoms with Gasteiger partial charge in [0.25, 0.3) is 5.91 Å². The van der Waals surface area contributed by atoms with Crippen molar-refractivity contribution in [1.82, 2.24) is 5.32 Å². The first kappa shape index (κ1) is 24.7. The average Bonchev–Trinajstić information content (AvgIpc) is 2.75. The molecule has 0 spiro atoms. The van der Waals surface area contributed by atoms with Gasteiger partial charge < -0.3 is 10.1 Å². The normalized spacial score (nSPS) is 11.2. The van der Waals surface area contributed by atoms with Crippen molar-refractivity contribution in [3.8, 4) is 5.75 Å². The van der Waals surface area contributed by atoms with Crippen molar-refractivity contribution >= 4 is 37.5 Å². The van der Waals surface area contributed by atoms with Crippen LogP contribution >= 0.6 is 15.9 Å². The lowest BCUT2D eigenvalue weighted by molar-refractivity contribution is 0.0947. The van der Waals surface area contributed by atoms with Gasteiger partial charge in [0.05, 0.1) is 25.0 Å². The maximum absolute atomic E-state index is 14.4. The minimum Gasteiger partial charge on any atom is -0.492 e. The third-order valence-electron chi connectivity index (χ3n) is 4.77. The number of hydrogen-bond acceptors (Lipinski definition) is 4. The highest BCUT2D eigenvalue weighted by Crippen LogP contribution is 2.27. The van der Waals surface area contributed by atoms with Crippen LogP contribution in [0, 0.1) is 12.7 Å². The molecule has 1 N–H and O–H groups in total. The van der Waals surface area contributed by atoms with Crippen LogP contribution in [0.5, 0.6) is 5.75 Å². The zero-order chi connectivity index (χ0) is 24.0. The summed E-state index contributed by atoms with van der Waals surface area (Å²) in [5.74, 6) is -0.182. The molecule has 3 aromatic carbocycles. The molecule has 6 nitrogen and oxygen atoms in total. The number of carbonyl (C=O) groups excluding carboxylic acids is 1. The van der Waals surface area contributed by atoms with Gasteiger partial charge >= 0.3 is 0 Å². The predicted molar refractivity (Wildman–Crippen MR) is 131 cm³/mol. The van der Waals surface area contributed by atoms with E-state index in [9.17, 15) is 17.6 Å². The van der Waals surface area contributed by atoms with Crippen molar-refractivity contribution in [1.29, 1.82) is 0 Å². The van der Waals surface area contributed by atoms with Crippen LogP contribution in [-0.4, -0.2) is 33.7 Å². The summed E-state index contributed by atoms with van der Waals surface area (Å²) < 4.78 is 46.1. The van der Waals surface area contributed by atoms with Gasteiger partial charge in [0.1, 0.15) is 18.2 Å². The highest BCUT2D eigenvalue weighted by molar-refractivity contribution is 9.10. The summed E-state index contributed by atoms with van der Waals surface area (Å²) in [5, 5.41) is 2.78. The molecule has 0 fully saturated rings. The van der Waals surface area contributed by atoms with E-state index in [2.05, 4.69) is 21.2 Å². The number of halogens is 2. The molecular formula is C24H24BrFN2O4S. The van der Waals surface area contributed by atoms with Crippen LogP contribution in [-0.2, 0) is 16.6 Å². The van der Waals surface area contributed by atoms with E-state index in [1.54, 1.807) is 30.3 Å². The number of nitrogens with one attached hydrogen (secondary N) is 1. The van der Waals surface area contributed by atoms with E-state index in [1.165, 1.54) is 12.1 Å². The lowest BCUT2D eigenvalue weighted by Gasteiger charge is -2.23. The number of ether oxygens (including phenoxy) is 1. The molecule has 0 heterocycles. The number of nitrogens with zero attached hydrogens (tertiary/aromatic N) is 1. The van der Waals surface area contributed by atoms with E-state index >= 15 is 0 Å². The Balaban J connectivity index is 1.60. The molecule has 0 bridgehead atoms. The van der Waals surface area contributed by atoms with Crippen LogP contribution in [0.4, 0.5) is 10.1 Å². The van der Waals surface area contributed by atoms with E-state index < -0.39 is 15.8 Å². The maximum atomic E-state index is 14.4. The van der Waals surface area contributed by atoms with E-state index in [0.717, 1.165) is 21.9 Å². The Bertz CT molecular complexity index is 1230. The van der Waals surface area contributed by atoms with Crippen molar-refractivity contribution in [2.45, 2.75) is 13.5 Å². The van der Waals surface area contributed by atoms with E-state index in [-0.39, 0.29) is 18.1 Å². The van der Waals surface area contributed by atoms with Gasteiger partial charge in [-0.05, 0) is 60.5 Å². The monoisotopic (exact) mass is 534 g/mol. The Hall–Kier alpha value is -2.91. The summed E-state index contributed by atoms with van der Waals surface area (Å²) in [6, 6.07) is 18.3. The highest BCUT2D eigenvalue weighted by Gasteiger charge is 2.21.